The summed E-state index contributed by atoms with van der Waals surface area (Å²) >= 11 is 6.04. The highest BCUT2D eigenvalue weighted by molar-refractivity contribution is 6.31. The van der Waals surface area contributed by atoms with E-state index in [1.807, 2.05) is 55.5 Å². The normalized spacial score (nSPS) is 21.6. The number of hydrogen-bond acceptors (Lipinski definition) is 1. The zero-order valence-corrected chi connectivity index (χ0v) is 11.6. The van der Waals surface area contributed by atoms with Gasteiger partial charge in [-0.2, -0.15) is 0 Å². The lowest BCUT2D eigenvalue weighted by molar-refractivity contribution is -0.121. The Morgan fingerprint density at radius 2 is 1.79 bits per heavy atom. The van der Waals surface area contributed by atoms with Crippen LogP contribution in [0.15, 0.2) is 48.5 Å². The predicted octanol–water partition coefficient (Wildman–Crippen LogP) is 3.62. The number of benzene rings is 2. The Morgan fingerprint density at radius 1 is 1.11 bits per heavy atom. The summed E-state index contributed by atoms with van der Waals surface area (Å²) in [4.78, 5) is 14.4. The Bertz CT molecular complexity index is 653. The van der Waals surface area contributed by atoms with E-state index in [9.17, 15) is 4.79 Å². The van der Waals surface area contributed by atoms with Crippen LogP contribution < -0.4 is 4.90 Å². The minimum atomic E-state index is -0.629. The van der Waals surface area contributed by atoms with E-state index in [2.05, 4.69) is 0 Å². The Labute approximate surface area is 117 Å². The number of fused-ring (bicyclic) bond motifs is 1. The van der Waals surface area contributed by atoms with Gasteiger partial charge in [0.05, 0.1) is 5.41 Å². The summed E-state index contributed by atoms with van der Waals surface area (Å²) in [5.41, 5.74) is 2.28. The molecule has 0 aromatic heterocycles. The molecular weight excluding hydrogens is 258 g/mol. The first kappa shape index (κ1) is 12.2. The molecule has 1 aliphatic heterocycles. The molecule has 3 heteroatoms. The standard InChI is InChI=1S/C16H14ClNO/c1-16(11-6-4-3-5-7-11)13-9-8-12(17)10-14(13)18(2)15(16)19/h3-10H,1-2H3/t16-/m0/s1. The molecule has 0 radical (unpaired) electrons. The third-order valence-electron chi connectivity index (χ3n) is 3.94. The molecule has 0 saturated heterocycles. The highest BCUT2D eigenvalue weighted by atomic mass is 35.5. The second-order valence-electron chi connectivity index (χ2n) is 5.02. The number of carbonyl (C=O) groups excluding carboxylic acids is 1. The van der Waals surface area contributed by atoms with Crippen molar-refractivity contribution in [3.8, 4) is 0 Å². The zero-order valence-electron chi connectivity index (χ0n) is 10.9. The average molecular weight is 272 g/mol. The van der Waals surface area contributed by atoms with Crippen LogP contribution >= 0.6 is 11.6 Å². The largest absolute Gasteiger partial charge is 0.314 e. The molecule has 0 fully saturated rings. The molecule has 0 N–H and O–H groups in total. The Morgan fingerprint density at radius 3 is 2.47 bits per heavy atom. The van der Waals surface area contributed by atoms with Gasteiger partial charge < -0.3 is 4.90 Å². The topological polar surface area (TPSA) is 20.3 Å². The van der Waals surface area contributed by atoms with Crippen LogP contribution in [0, 0.1) is 0 Å². The summed E-state index contributed by atoms with van der Waals surface area (Å²) < 4.78 is 0. The number of anilines is 1. The van der Waals surface area contributed by atoms with Gasteiger partial charge in [-0.3, -0.25) is 4.79 Å². The fourth-order valence-electron chi connectivity index (χ4n) is 2.82. The molecule has 0 saturated carbocycles. The second-order valence-corrected chi connectivity index (χ2v) is 5.45. The van der Waals surface area contributed by atoms with Gasteiger partial charge in [0.1, 0.15) is 0 Å². The molecule has 0 spiro atoms. The van der Waals surface area contributed by atoms with Crippen molar-refractivity contribution >= 4 is 23.2 Å². The van der Waals surface area contributed by atoms with Crippen LogP contribution in [0.25, 0.3) is 0 Å². The van der Waals surface area contributed by atoms with Gasteiger partial charge in [-0.15, -0.1) is 0 Å². The molecular formula is C16H14ClNO. The second kappa shape index (κ2) is 4.10. The molecule has 96 valence electrons. The van der Waals surface area contributed by atoms with E-state index in [-0.39, 0.29) is 5.91 Å². The number of nitrogens with zero attached hydrogens (tertiary/aromatic N) is 1. The lowest BCUT2D eigenvalue weighted by Crippen LogP contribution is -2.36. The van der Waals surface area contributed by atoms with Crippen molar-refractivity contribution in [2.24, 2.45) is 0 Å². The van der Waals surface area contributed by atoms with Gasteiger partial charge in [0.15, 0.2) is 0 Å². The minimum absolute atomic E-state index is 0.0796. The van der Waals surface area contributed by atoms with Crippen molar-refractivity contribution in [3.63, 3.8) is 0 Å². The zero-order chi connectivity index (χ0) is 13.6. The molecule has 2 aromatic carbocycles. The van der Waals surface area contributed by atoms with E-state index in [0.717, 1.165) is 16.8 Å². The Kier molecular flexibility index (Phi) is 2.64. The summed E-state index contributed by atoms with van der Waals surface area (Å²) in [6, 6.07) is 15.5. The molecule has 2 nitrogen and oxygen atoms in total. The molecule has 0 bridgehead atoms. The van der Waals surface area contributed by atoms with Gasteiger partial charge in [-0.25, -0.2) is 0 Å². The maximum absolute atomic E-state index is 12.7. The average Bonchev–Trinajstić information content (AvgIpc) is 2.63. The summed E-state index contributed by atoms with van der Waals surface area (Å²) in [6.45, 7) is 1.97. The number of halogens is 1. The maximum atomic E-state index is 12.7. The number of amides is 1. The fraction of sp³-hybridized carbons (Fsp3) is 0.188. The quantitative estimate of drug-likeness (QED) is 0.776. The minimum Gasteiger partial charge on any atom is -0.314 e. The van der Waals surface area contributed by atoms with Crippen molar-refractivity contribution in [2.75, 3.05) is 11.9 Å². The molecule has 1 aliphatic rings. The highest BCUT2D eigenvalue weighted by Crippen LogP contribution is 2.45. The third kappa shape index (κ3) is 1.60. The molecule has 2 aromatic rings. The SMILES string of the molecule is CN1C(=O)[C@@](C)(c2ccccc2)c2ccc(Cl)cc21. The van der Waals surface area contributed by atoms with Crippen molar-refractivity contribution in [1.29, 1.82) is 0 Å². The molecule has 1 atom stereocenters. The van der Waals surface area contributed by atoms with Crippen LogP contribution in [0.3, 0.4) is 0 Å². The van der Waals surface area contributed by atoms with Gasteiger partial charge in [0.25, 0.3) is 0 Å². The summed E-state index contributed by atoms with van der Waals surface area (Å²) in [5.74, 6) is 0.0796. The van der Waals surface area contributed by atoms with Crippen molar-refractivity contribution in [3.05, 3.63) is 64.7 Å². The van der Waals surface area contributed by atoms with Crippen LogP contribution in [0.2, 0.25) is 5.02 Å². The number of rotatable bonds is 1. The summed E-state index contributed by atoms with van der Waals surface area (Å²) in [7, 11) is 1.80. The molecule has 0 aliphatic carbocycles. The Balaban J connectivity index is 2.27. The van der Waals surface area contributed by atoms with E-state index in [0.29, 0.717) is 5.02 Å². The lowest BCUT2D eigenvalue weighted by Gasteiger charge is -2.23. The molecule has 3 rings (SSSR count). The third-order valence-corrected chi connectivity index (χ3v) is 4.18. The number of likely N-dealkylation sites (N-methyl/N-ethyl adjacent to an activating group) is 1. The van der Waals surface area contributed by atoms with E-state index in [4.69, 9.17) is 11.6 Å². The van der Waals surface area contributed by atoms with Crippen molar-refractivity contribution < 1.29 is 4.79 Å². The van der Waals surface area contributed by atoms with Crippen LogP contribution in [-0.4, -0.2) is 13.0 Å². The van der Waals surface area contributed by atoms with Gasteiger partial charge in [0, 0.05) is 17.8 Å². The predicted molar refractivity (Wildman–Crippen MR) is 77.8 cm³/mol. The molecule has 1 heterocycles. The van der Waals surface area contributed by atoms with E-state index >= 15 is 0 Å². The fourth-order valence-corrected chi connectivity index (χ4v) is 2.98. The van der Waals surface area contributed by atoms with Crippen LogP contribution in [0.5, 0.6) is 0 Å². The maximum Gasteiger partial charge on any atom is 0.241 e. The first-order valence-corrected chi connectivity index (χ1v) is 6.56. The lowest BCUT2D eigenvalue weighted by atomic mass is 9.77. The van der Waals surface area contributed by atoms with Crippen LogP contribution in [0.1, 0.15) is 18.1 Å². The molecule has 19 heavy (non-hydrogen) atoms. The van der Waals surface area contributed by atoms with Gasteiger partial charge in [-0.05, 0) is 30.2 Å². The van der Waals surface area contributed by atoms with Gasteiger partial charge in [-0.1, -0.05) is 48.0 Å². The first-order valence-electron chi connectivity index (χ1n) is 6.19. The monoisotopic (exact) mass is 271 g/mol. The number of carbonyl (C=O) groups is 1. The first-order chi connectivity index (χ1) is 9.05. The smallest absolute Gasteiger partial charge is 0.241 e. The van der Waals surface area contributed by atoms with E-state index in [1.165, 1.54) is 0 Å². The van der Waals surface area contributed by atoms with E-state index < -0.39 is 5.41 Å². The summed E-state index contributed by atoms with van der Waals surface area (Å²) in [6.07, 6.45) is 0. The molecule has 0 unspecified atom stereocenters. The van der Waals surface area contributed by atoms with E-state index in [1.54, 1.807) is 11.9 Å². The Hall–Kier alpha value is -1.80. The van der Waals surface area contributed by atoms with Crippen LogP contribution in [0.4, 0.5) is 5.69 Å². The van der Waals surface area contributed by atoms with Crippen molar-refractivity contribution in [2.45, 2.75) is 12.3 Å². The van der Waals surface area contributed by atoms with Crippen molar-refractivity contribution in [1.82, 2.24) is 0 Å². The van der Waals surface area contributed by atoms with Gasteiger partial charge >= 0.3 is 0 Å². The summed E-state index contributed by atoms with van der Waals surface area (Å²) in [5, 5.41) is 0.649. The number of hydrogen-bond donors (Lipinski definition) is 0. The highest BCUT2D eigenvalue weighted by Gasteiger charge is 2.47. The van der Waals surface area contributed by atoms with Crippen LogP contribution in [-0.2, 0) is 10.2 Å². The van der Waals surface area contributed by atoms with Gasteiger partial charge in [0.2, 0.25) is 5.91 Å². The molecule has 1 amide bonds.